The molecule has 1 aliphatic rings. The van der Waals surface area contributed by atoms with E-state index in [0.29, 0.717) is 18.2 Å². The molecule has 0 spiro atoms. The van der Waals surface area contributed by atoms with E-state index in [1.54, 1.807) is 19.3 Å². The van der Waals surface area contributed by atoms with Crippen LogP contribution in [0.25, 0.3) is 0 Å². The lowest BCUT2D eigenvalue weighted by molar-refractivity contribution is 0.358. The van der Waals surface area contributed by atoms with E-state index >= 15 is 0 Å². The number of halogens is 1. The summed E-state index contributed by atoms with van der Waals surface area (Å²) in [4.78, 5) is 11.0. The van der Waals surface area contributed by atoms with Crippen molar-refractivity contribution in [3.63, 3.8) is 0 Å². The topological polar surface area (TPSA) is 61.8 Å². The Morgan fingerprint density at radius 3 is 3.04 bits per heavy atom. The minimum atomic E-state index is 0.275. The highest BCUT2D eigenvalue weighted by atomic mass is 35.5. The summed E-state index contributed by atoms with van der Waals surface area (Å²) in [6.07, 6.45) is 4.51. The fourth-order valence-corrected chi connectivity index (χ4v) is 3.43. The molecule has 2 N–H and O–H groups in total. The smallest absolute Gasteiger partial charge is 0.191 e. The number of ether oxygens (including phenoxy) is 1. The number of aliphatic imine (C=N–C) groups is 1. The van der Waals surface area contributed by atoms with Gasteiger partial charge in [0, 0.05) is 44.5 Å². The van der Waals surface area contributed by atoms with Crippen molar-refractivity contribution in [2.24, 2.45) is 4.99 Å². The van der Waals surface area contributed by atoms with Gasteiger partial charge in [0.05, 0.1) is 5.02 Å². The molecule has 0 radical (unpaired) electrons. The predicted molar refractivity (Wildman–Crippen MR) is 115 cm³/mol. The number of hydrogen-bond acceptors (Lipinski definition) is 4. The average molecular weight is 400 g/mol. The molecular weight excluding hydrogens is 374 g/mol. The maximum Gasteiger partial charge on any atom is 0.191 e. The van der Waals surface area contributed by atoms with Crippen molar-refractivity contribution in [3.05, 3.63) is 65.8 Å². The van der Waals surface area contributed by atoms with Crippen molar-refractivity contribution in [2.75, 3.05) is 31.6 Å². The summed E-state index contributed by atoms with van der Waals surface area (Å²) in [6.45, 7) is 6.54. The predicted octanol–water partition coefficient (Wildman–Crippen LogP) is 3.24. The van der Waals surface area contributed by atoms with Crippen molar-refractivity contribution in [1.82, 2.24) is 15.6 Å². The fourth-order valence-electron chi connectivity index (χ4n) is 3.19. The number of anilines is 1. The molecule has 0 aliphatic carbocycles. The number of guanidine groups is 1. The minimum Gasteiger partial charge on any atom is -0.489 e. The first kappa shape index (κ1) is 20.0. The Balaban J connectivity index is 1.55. The monoisotopic (exact) mass is 399 g/mol. The maximum absolute atomic E-state index is 6.27. The second-order valence-corrected chi connectivity index (χ2v) is 6.93. The van der Waals surface area contributed by atoms with Crippen LogP contribution >= 0.6 is 11.6 Å². The zero-order valence-electron chi connectivity index (χ0n) is 16.1. The van der Waals surface area contributed by atoms with Gasteiger partial charge in [-0.05, 0) is 24.6 Å². The molecule has 3 rings (SSSR count). The van der Waals surface area contributed by atoms with E-state index in [0.717, 1.165) is 42.6 Å². The van der Waals surface area contributed by atoms with Gasteiger partial charge in [-0.3, -0.25) is 4.99 Å². The molecular formula is C21H26ClN5O. The van der Waals surface area contributed by atoms with Crippen molar-refractivity contribution in [2.45, 2.75) is 19.0 Å². The SMILES string of the molecule is C=CCOc1ccccc1CNC(=NC)NC1CCN(c2ncccc2Cl)C1. The molecule has 148 valence electrons. The molecule has 1 atom stereocenters. The third-order valence-electron chi connectivity index (χ3n) is 4.57. The van der Waals surface area contributed by atoms with Crippen LogP contribution in [0, 0.1) is 0 Å². The first-order chi connectivity index (χ1) is 13.7. The lowest BCUT2D eigenvalue weighted by Gasteiger charge is -2.20. The van der Waals surface area contributed by atoms with Crippen LogP contribution in [-0.2, 0) is 6.54 Å². The van der Waals surface area contributed by atoms with Gasteiger partial charge in [0.1, 0.15) is 18.2 Å². The molecule has 1 aromatic carbocycles. The summed E-state index contributed by atoms with van der Waals surface area (Å²) >= 11 is 6.27. The van der Waals surface area contributed by atoms with Crippen molar-refractivity contribution in [3.8, 4) is 5.75 Å². The number of benzene rings is 1. The Morgan fingerprint density at radius 2 is 2.25 bits per heavy atom. The highest BCUT2D eigenvalue weighted by molar-refractivity contribution is 6.32. The standard InChI is InChI=1S/C21H26ClN5O/c1-3-13-28-19-9-5-4-7-16(19)14-25-21(23-2)26-17-10-12-27(15-17)20-18(22)8-6-11-24-20/h3-9,11,17H,1,10,12-15H2,2H3,(H2,23,25,26). The highest BCUT2D eigenvalue weighted by Gasteiger charge is 2.25. The normalized spacial score (nSPS) is 16.7. The largest absolute Gasteiger partial charge is 0.489 e. The van der Waals surface area contributed by atoms with E-state index in [4.69, 9.17) is 16.3 Å². The van der Waals surface area contributed by atoms with Crippen LogP contribution < -0.4 is 20.3 Å². The quantitative estimate of drug-likeness (QED) is 0.425. The molecule has 1 aliphatic heterocycles. The van der Waals surface area contributed by atoms with E-state index in [-0.39, 0.29) is 6.04 Å². The summed E-state index contributed by atoms with van der Waals surface area (Å²) in [5.41, 5.74) is 1.07. The Bertz CT molecular complexity index is 826. The molecule has 6 nitrogen and oxygen atoms in total. The van der Waals surface area contributed by atoms with Gasteiger partial charge < -0.3 is 20.3 Å². The van der Waals surface area contributed by atoms with Gasteiger partial charge in [-0.1, -0.05) is 42.5 Å². The molecule has 2 aromatic rings. The second kappa shape index (κ2) is 9.99. The maximum atomic E-state index is 6.27. The van der Waals surface area contributed by atoms with E-state index in [1.807, 2.05) is 36.4 Å². The van der Waals surface area contributed by atoms with Gasteiger partial charge >= 0.3 is 0 Å². The third kappa shape index (κ3) is 5.16. The van der Waals surface area contributed by atoms with Gasteiger partial charge in [0.15, 0.2) is 5.96 Å². The zero-order valence-corrected chi connectivity index (χ0v) is 16.8. The van der Waals surface area contributed by atoms with Crippen molar-refractivity contribution >= 4 is 23.4 Å². The Hall–Kier alpha value is -2.73. The van der Waals surface area contributed by atoms with E-state index < -0.39 is 0 Å². The second-order valence-electron chi connectivity index (χ2n) is 6.52. The molecule has 1 saturated heterocycles. The van der Waals surface area contributed by atoms with Crippen molar-refractivity contribution < 1.29 is 4.74 Å². The van der Waals surface area contributed by atoms with Crippen molar-refractivity contribution in [1.29, 1.82) is 0 Å². The van der Waals surface area contributed by atoms with Crippen LogP contribution in [0.2, 0.25) is 5.02 Å². The number of para-hydroxylation sites is 1. The third-order valence-corrected chi connectivity index (χ3v) is 4.86. The first-order valence-electron chi connectivity index (χ1n) is 9.35. The van der Waals surface area contributed by atoms with Crippen LogP contribution in [0.1, 0.15) is 12.0 Å². The van der Waals surface area contributed by atoms with Gasteiger partial charge in [-0.25, -0.2) is 4.98 Å². The fraction of sp³-hybridized carbons (Fsp3) is 0.333. The number of aromatic nitrogens is 1. The summed E-state index contributed by atoms with van der Waals surface area (Å²) in [7, 11) is 1.78. The number of rotatable bonds is 7. The van der Waals surface area contributed by atoms with Gasteiger partial charge in [0.25, 0.3) is 0 Å². The summed E-state index contributed by atoms with van der Waals surface area (Å²) < 4.78 is 5.72. The molecule has 7 heteroatoms. The molecule has 28 heavy (non-hydrogen) atoms. The Kier molecular flexibility index (Phi) is 7.14. The molecule has 1 unspecified atom stereocenters. The molecule has 0 saturated carbocycles. The van der Waals surface area contributed by atoms with Crippen LogP contribution in [0.3, 0.4) is 0 Å². The molecule has 1 aromatic heterocycles. The van der Waals surface area contributed by atoms with E-state index in [9.17, 15) is 0 Å². The average Bonchev–Trinajstić information content (AvgIpc) is 3.18. The molecule has 0 bridgehead atoms. The lowest BCUT2D eigenvalue weighted by atomic mass is 10.2. The Labute approximate surface area is 171 Å². The zero-order chi connectivity index (χ0) is 19.8. The number of nitrogens with zero attached hydrogens (tertiary/aromatic N) is 3. The first-order valence-corrected chi connectivity index (χ1v) is 9.73. The Morgan fingerprint density at radius 1 is 1.39 bits per heavy atom. The molecule has 1 fully saturated rings. The highest BCUT2D eigenvalue weighted by Crippen LogP contribution is 2.25. The molecule has 0 amide bonds. The van der Waals surface area contributed by atoms with Crippen LogP contribution in [0.5, 0.6) is 5.75 Å². The van der Waals surface area contributed by atoms with Gasteiger partial charge in [0.2, 0.25) is 0 Å². The summed E-state index contributed by atoms with van der Waals surface area (Å²) in [5, 5.41) is 7.54. The minimum absolute atomic E-state index is 0.275. The van der Waals surface area contributed by atoms with E-state index in [2.05, 4.69) is 32.1 Å². The van der Waals surface area contributed by atoms with Crippen LogP contribution in [0.15, 0.2) is 60.2 Å². The number of nitrogens with one attached hydrogen (secondary N) is 2. The van der Waals surface area contributed by atoms with E-state index in [1.165, 1.54) is 0 Å². The molecule has 2 heterocycles. The summed E-state index contributed by atoms with van der Waals surface area (Å²) in [6, 6.07) is 12.0. The lowest BCUT2D eigenvalue weighted by Crippen LogP contribution is -2.44. The summed E-state index contributed by atoms with van der Waals surface area (Å²) in [5.74, 6) is 2.45. The number of hydrogen-bond donors (Lipinski definition) is 2. The van der Waals surface area contributed by atoms with Gasteiger partial charge in [-0.15, -0.1) is 0 Å². The number of pyridine rings is 1. The van der Waals surface area contributed by atoms with Crippen LogP contribution in [0.4, 0.5) is 5.82 Å². The van der Waals surface area contributed by atoms with Gasteiger partial charge in [-0.2, -0.15) is 0 Å². The van der Waals surface area contributed by atoms with Crippen LogP contribution in [-0.4, -0.2) is 43.7 Å².